The normalized spacial score (nSPS) is 19.5. The summed E-state index contributed by atoms with van der Waals surface area (Å²) < 4.78 is 5.34. The zero-order valence-electron chi connectivity index (χ0n) is 11.2. The molecule has 98 valence electrons. The highest BCUT2D eigenvalue weighted by Gasteiger charge is 2.35. The summed E-state index contributed by atoms with van der Waals surface area (Å²) in [5.74, 6) is 0.827. The van der Waals surface area contributed by atoms with Gasteiger partial charge in [0.15, 0.2) is 0 Å². The van der Waals surface area contributed by atoms with Crippen molar-refractivity contribution in [1.29, 1.82) is 0 Å². The van der Waals surface area contributed by atoms with E-state index in [1.54, 1.807) is 7.11 Å². The number of carbonyl (C=O) groups is 1. The molecule has 1 aliphatic rings. The number of methoxy groups -OCH3 is 1. The highest BCUT2D eigenvalue weighted by atomic mass is 16.5. The van der Waals surface area contributed by atoms with E-state index in [9.17, 15) is 4.79 Å². The standard InChI is InChI=1S/C14H20N2O2/c1-14(2)13(17)16(10-6-9-15-14)11-7-4-5-8-12(11)18-3/h4-5,7-8,15H,6,9-10H2,1-3H3. The van der Waals surface area contributed by atoms with Gasteiger partial charge in [-0.25, -0.2) is 0 Å². The number of amides is 1. The molecule has 0 bridgehead atoms. The highest BCUT2D eigenvalue weighted by Crippen LogP contribution is 2.30. The van der Waals surface area contributed by atoms with Crippen LogP contribution in [-0.2, 0) is 4.79 Å². The number of nitrogens with zero attached hydrogens (tertiary/aromatic N) is 1. The van der Waals surface area contributed by atoms with E-state index in [-0.39, 0.29) is 5.91 Å². The molecular formula is C14H20N2O2. The summed E-state index contributed by atoms with van der Waals surface area (Å²) in [6.07, 6.45) is 0.938. The molecule has 1 heterocycles. The molecule has 0 radical (unpaired) electrons. The maximum atomic E-state index is 12.5. The number of carbonyl (C=O) groups excluding carboxylic acids is 1. The lowest BCUT2D eigenvalue weighted by Crippen LogP contribution is -2.51. The van der Waals surface area contributed by atoms with E-state index >= 15 is 0 Å². The van der Waals surface area contributed by atoms with Gasteiger partial charge < -0.3 is 15.0 Å². The second-order valence-electron chi connectivity index (χ2n) is 5.03. The summed E-state index contributed by atoms with van der Waals surface area (Å²) in [4.78, 5) is 14.4. The Kier molecular flexibility index (Phi) is 3.57. The Morgan fingerprint density at radius 1 is 1.33 bits per heavy atom. The van der Waals surface area contributed by atoms with Crippen LogP contribution in [0.2, 0.25) is 0 Å². The largest absolute Gasteiger partial charge is 0.495 e. The molecule has 1 aromatic rings. The number of rotatable bonds is 2. The average molecular weight is 248 g/mol. The second-order valence-corrected chi connectivity index (χ2v) is 5.03. The molecule has 1 amide bonds. The van der Waals surface area contributed by atoms with E-state index in [0.717, 1.165) is 30.9 Å². The topological polar surface area (TPSA) is 41.6 Å². The average Bonchev–Trinajstić information content (AvgIpc) is 2.50. The molecular weight excluding hydrogens is 228 g/mol. The quantitative estimate of drug-likeness (QED) is 0.867. The fourth-order valence-electron chi connectivity index (χ4n) is 2.24. The van der Waals surface area contributed by atoms with Crippen molar-refractivity contribution in [2.75, 3.05) is 25.1 Å². The van der Waals surface area contributed by atoms with Crippen LogP contribution < -0.4 is 15.0 Å². The van der Waals surface area contributed by atoms with Crippen molar-refractivity contribution in [3.63, 3.8) is 0 Å². The zero-order chi connectivity index (χ0) is 13.2. The maximum Gasteiger partial charge on any atom is 0.246 e. The van der Waals surface area contributed by atoms with Gasteiger partial charge in [0, 0.05) is 6.54 Å². The number of para-hydroxylation sites is 2. The van der Waals surface area contributed by atoms with E-state index in [2.05, 4.69) is 5.32 Å². The van der Waals surface area contributed by atoms with Crippen LogP contribution in [0.3, 0.4) is 0 Å². The first-order chi connectivity index (χ1) is 8.56. The number of benzene rings is 1. The predicted octanol–water partition coefficient (Wildman–Crippen LogP) is 1.80. The van der Waals surface area contributed by atoms with Crippen LogP contribution in [0.15, 0.2) is 24.3 Å². The Bertz CT molecular complexity index is 443. The van der Waals surface area contributed by atoms with Crippen LogP contribution in [-0.4, -0.2) is 31.6 Å². The molecule has 0 atom stereocenters. The molecule has 1 saturated heterocycles. The number of hydrogen-bond donors (Lipinski definition) is 1. The van der Waals surface area contributed by atoms with Crippen LogP contribution in [0.25, 0.3) is 0 Å². The van der Waals surface area contributed by atoms with Crippen molar-refractivity contribution in [2.24, 2.45) is 0 Å². The number of hydrogen-bond acceptors (Lipinski definition) is 3. The first-order valence-electron chi connectivity index (χ1n) is 6.26. The first-order valence-corrected chi connectivity index (χ1v) is 6.26. The molecule has 1 aliphatic heterocycles. The number of anilines is 1. The van der Waals surface area contributed by atoms with Crippen LogP contribution in [0.1, 0.15) is 20.3 Å². The Hall–Kier alpha value is -1.55. The molecule has 0 spiro atoms. The molecule has 1 fully saturated rings. The Labute approximate surface area is 108 Å². The molecule has 0 saturated carbocycles. The number of nitrogens with one attached hydrogen (secondary N) is 1. The molecule has 0 aliphatic carbocycles. The molecule has 0 aromatic heterocycles. The molecule has 1 N–H and O–H groups in total. The predicted molar refractivity (Wildman–Crippen MR) is 72.0 cm³/mol. The SMILES string of the molecule is COc1ccccc1N1CCCNC(C)(C)C1=O. The van der Waals surface area contributed by atoms with Crippen LogP contribution in [0, 0.1) is 0 Å². The second kappa shape index (κ2) is 4.98. The summed E-state index contributed by atoms with van der Waals surface area (Å²) >= 11 is 0. The molecule has 18 heavy (non-hydrogen) atoms. The summed E-state index contributed by atoms with van der Waals surface area (Å²) in [5, 5.41) is 3.28. The third-order valence-corrected chi connectivity index (χ3v) is 3.28. The van der Waals surface area contributed by atoms with Gasteiger partial charge in [0.25, 0.3) is 0 Å². The van der Waals surface area contributed by atoms with Gasteiger partial charge >= 0.3 is 0 Å². The van der Waals surface area contributed by atoms with Gasteiger partial charge in [0.05, 0.1) is 18.3 Å². The Morgan fingerprint density at radius 3 is 2.78 bits per heavy atom. The minimum Gasteiger partial charge on any atom is -0.495 e. The molecule has 1 aromatic carbocycles. The van der Waals surface area contributed by atoms with Gasteiger partial charge in [0.1, 0.15) is 5.75 Å². The maximum absolute atomic E-state index is 12.5. The summed E-state index contributed by atoms with van der Waals surface area (Å²) in [6.45, 7) is 5.41. The van der Waals surface area contributed by atoms with Gasteiger partial charge in [-0.05, 0) is 38.9 Å². The zero-order valence-corrected chi connectivity index (χ0v) is 11.2. The van der Waals surface area contributed by atoms with Crippen molar-refractivity contribution >= 4 is 11.6 Å². The van der Waals surface area contributed by atoms with E-state index in [1.165, 1.54) is 0 Å². The van der Waals surface area contributed by atoms with Crippen LogP contribution in [0.5, 0.6) is 5.75 Å². The first kappa shape index (κ1) is 12.9. The Balaban J connectivity index is 2.38. The van der Waals surface area contributed by atoms with E-state index < -0.39 is 5.54 Å². The summed E-state index contributed by atoms with van der Waals surface area (Å²) in [6, 6.07) is 7.65. The van der Waals surface area contributed by atoms with E-state index in [4.69, 9.17) is 4.74 Å². The Morgan fingerprint density at radius 2 is 2.06 bits per heavy atom. The van der Waals surface area contributed by atoms with E-state index in [1.807, 2.05) is 43.0 Å². The van der Waals surface area contributed by atoms with Crippen molar-refractivity contribution in [3.8, 4) is 5.75 Å². The third kappa shape index (κ3) is 2.34. The van der Waals surface area contributed by atoms with Crippen LogP contribution in [0.4, 0.5) is 5.69 Å². The van der Waals surface area contributed by atoms with Crippen molar-refractivity contribution in [3.05, 3.63) is 24.3 Å². The monoisotopic (exact) mass is 248 g/mol. The molecule has 2 rings (SSSR count). The fourth-order valence-corrected chi connectivity index (χ4v) is 2.24. The lowest BCUT2D eigenvalue weighted by molar-refractivity contribution is -0.123. The molecule has 0 unspecified atom stereocenters. The van der Waals surface area contributed by atoms with Crippen molar-refractivity contribution in [2.45, 2.75) is 25.8 Å². The minimum atomic E-state index is -0.530. The van der Waals surface area contributed by atoms with Gasteiger partial charge in [-0.3, -0.25) is 4.79 Å². The summed E-state index contributed by atoms with van der Waals surface area (Å²) in [5.41, 5.74) is 0.318. The lowest BCUT2D eigenvalue weighted by Gasteiger charge is -2.30. The van der Waals surface area contributed by atoms with Gasteiger partial charge in [-0.2, -0.15) is 0 Å². The van der Waals surface area contributed by atoms with Gasteiger partial charge in [-0.1, -0.05) is 12.1 Å². The van der Waals surface area contributed by atoms with E-state index in [0.29, 0.717) is 0 Å². The van der Waals surface area contributed by atoms with Crippen LogP contribution >= 0.6 is 0 Å². The van der Waals surface area contributed by atoms with Gasteiger partial charge in [0.2, 0.25) is 5.91 Å². The smallest absolute Gasteiger partial charge is 0.246 e. The highest BCUT2D eigenvalue weighted by molar-refractivity contribution is 6.01. The number of ether oxygens (including phenoxy) is 1. The fraction of sp³-hybridized carbons (Fsp3) is 0.500. The van der Waals surface area contributed by atoms with Crippen molar-refractivity contribution in [1.82, 2.24) is 5.32 Å². The lowest BCUT2D eigenvalue weighted by atomic mass is 10.0. The molecule has 4 heteroatoms. The van der Waals surface area contributed by atoms with Gasteiger partial charge in [-0.15, -0.1) is 0 Å². The third-order valence-electron chi connectivity index (χ3n) is 3.28. The van der Waals surface area contributed by atoms with Crippen molar-refractivity contribution < 1.29 is 9.53 Å². The summed E-state index contributed by atoms with van der Waals surface area (Å²) in [7, 11) is 1.63. The molecule has 4 nitrogen and oxygen atoms in total. The minimum absolute atomic E-state index is 0.0875.